The summed E-state index contributed by atoms with van der Waals surface area (Å²) in [7, 11) is 0. The molecule has 0 amide bonds. The van der Waals surface area contributed by atoms with Gasteiger partial charge in [-0.25, -0.2) is 0 Å². The van der Waals surface area contributed by atoms with Gasteiger partial charge in [0, 0.05) is 6.61 Å². The molecule has 1 nitrogen and oxygen atoms in total. The Bertz CT molecular complexity index is 137. The van der Waals surface area contributed by atoms with Gasteiger partial charge >= 0.3 is 0 Å². The Kier molecular flexibility index (Phi) is 11.9. The summed E-state index contributed by atoms with van der Waals surface area (Å²) in [6, 6.07) is 0. The van der Waals surface area contributed by atoms with E-state index in [1.165, 1.54) is 44.9 Å². The van der Waals surface area contributed by atoms with Gasteiger partial charge in [0.2, 0.25) is 0 Å². The first kappa shape index (κ1) is 16.2. The van der Waals surface area contributed by atoms with Crippen molar-refractivity contribution in [1.82, 2.24) is 0 Å². The van der Waals surface area contributed by atoms with Gasteiger partial charge in [-0.05, 0) is 12.3 Å². The van der Waals surface area contributed by atoms with Crippen LogP contribution >= 0.6 is 11.6 Å². The average molecular weight is 249 g/mol. The third-order valence-corrected chi connectivity index (χ3v) is 3.43. The van der Waals surface area contributed by atoms with E-state index in [2.05, 4.69) is 20.8 Å². The van der Waals surface area contributed by atoms with Crippen molar-refractivity contribution in [3.8, 4) is 0 Å². The van der Waals surface area contributed by atoms with Crippen LogP contribution in [0.2, 0.25) is 0 Å². The van der Waals surface area contributed by atoms with E-state index in [1.807, 2.05) is 0 Å². The largest absolute Gasteiger partial charge is 0.362 e. The van der Waals surface area contributed by atoms with Crippen LogP contribution in [0.1, 0.15) is 72.1 Å². The minimum atomic E-state index is -0.107. The number of rotatable bonds is 11. The lowest BCUT2D eigenvalue weighted by Crippen LogP contribution is -2.13. The average Bonchev–Trinajstić information content (AvgIpc) is 2.26. The summed E-state index contributed by atoms with van der Waals surface area (Å²) in [4.78, 5) is 0. The molecule has 0 aliphatic carbocycles. The van der Waals surface area contributed by atoms with E-state index in [0.29, 0.717) is 5.92 Å². The lowest BCUT2D eigenvalue weighted by molar-refractivity contribution is 0.0754. The molecule has 1 unspecified atom stereocenters. The second kappa shape index (κ2) is 11.7. The van der Waals surface area contributed by atoms with Gasteiger partial charge in [-0.15, -0.1) is 0 Å². The zero-order chi connectivity index (χ0) is 12.2. The zero-order valence-corrected chi connectivity index (χ0v) is 12.1. The highest BCUT2D eigenvalue weighted by atomic mass is 35.5. The Labute approximate surface area is 107 Å². The van der Waals surface area contributed by atoms with Crippen molar-refractivity contribution < 1.29 is 4.74 Å². The van der Waals surface area contributed by atoms with E-state index in [0.717, 1.165) is 13.0 Å². The molecule has 1 atom stereocenters. The Balaban J connectivity index is 3.04. The highest BCUT2D eigenvalue weighted by Gasteiger charge is 2.08. The van der Waals surface area contributed by atoms with Crippen LogP contribution in [0.15, 0.2) is 0 Å². The van der Waals surface area contributed by atoms with Crippen LogP contribution in [0.25, 0.3) is 0 Å². The number of hydrogen-bond donors (Lipinski definition) is 0. The van der Waals surface area contributed by atoms with Gasteiger partial charge in [-0.1, -0.05) is 77.3 Å². The minimum Gasteiger partial charge on any atom is -0.362 e. The maximum atomic E-state index is 5.99. The normalized spacial score (nSPS) is 13.3. The molecular formula is C14H29ClO. The van der Waals surface area contributed by atoms with Crippen molar-refractivity contribution in [2.75, 3.05) is 6.61 Å². The molecule has 0 aromatic heterocycles. The summed E-state index contributed by atoms with van der Waals surface area (Å²) >= 11 is 5.99. The predicted molar refractivity (Wildman–Crippen MR) is 73.0 cm³/mol. The van der Waals surface area contributed by atoms with Crippen LogP contribution in [0, 0.1) is 5.92 Å². The Morgan fingerprint density at radius 2 is 1.38 bits per heavy atom. The minimum absolute atomic E-state index is 0.107. The van der Waals surface area contributed by atoms with E-state index in [1.54, 1.807) is 0 Å². The molecule has 2 heteroatoms. The van der Waals surface area contributed by atoms with Gasteiger partial charge in [-0.2, -0.15) is 0 Å². The highest BCUT2D eigenvalue weighted by molar-refractivity contribution is 6.19. The summed E-state index contributed by atoms with van der Waals surface area (Å²) < 4.78 is 5.51. The fourth-order valence-electron chi connectivity index (χ4n) is 1.62. The molecule has 0 aliphatic rings. The monoisotopic (exact) mass is 248 g/mol. The fourth-order valence-corrected chi connectivity index (χ4v) is 1.71. The highest BCUT2D eigenvalue weighted by Crippen LogP contribution is 2.12. The Hall–Kier alpha value is 0.250. The number of ether oxygens (including phenoxy) is 1. The number of halogens is 1. The van der Waals surface area contributed by atoms with E-state index in [-0.39, 0.29) is 5.56 Å². The number of alkyl halides is 1. The van der Waals surface area contributed by atoms with Gasteiger partial charge in [0.25, 0.3) is 0 Å². The van der Waals surface area contributed by atoms with Crippen molar-refractivity contribution in [2.24, 2.45) is 5.92 Å². The fraction of sp³-hybridized carbons (Fsp3) is 1.00. The van der Waals surface area contributed by atoms with Crippen LogP contribution in [0.3, 0.4) is 0 Å². The van der Waals surface area contributed by atoms with E-state index in [9.17, 15) is 0 Å². The van der Waals surface area contributed by atoms with Crippen molar-refractivity contribution in [3.05, 3.63) is 0 Å². The van der Waals surface area contributed by atoms with Crippen molar-refractivity contribution in [2.45, 2.75) is 77.7 Å². The quantitative estimate of drug-likeness (QED) is 0.353. The smallest absolute Gasteiger partial charge is 0.133 e. The third kappa shape index (κ3) is 10.8. The molecule has 0 aromatic carbocycles. The van der Waals surface area contributed by atoms with Crippen LogP contribution in [0.5, 0.6) is 0 Å². The van der Waals surface area contributed by atoms with Gasteiger partial charge in [0.1, 0.15) is 5.56 Å². The van der Waals surface area contributed by atoms with Crippen LogP contribution in [-0.4, -0.2) is 12.2 Å². The summed E-state index contributed by atoms with van der Waals surface area (Å²) in [5.41, 5.74) is -0.107. The zero-order valence-electron chi connectivity index (χ0n) is 11.3. The predicted octanol–water partition coefficient (Wildman–Crippen LogP) is 5.36. The molecule has 0 spiro atoms. The molecule has 0 fully saturated rings. The molecule has 0 saturated heterocycles. The van der Waals surface area contributed by atoms with Gasteiger partial charge < -0.3 is 4.74 Å². The lowest BCUT2D eigenvalue weighted by Gasteiger charge is -2.13. The lowest BCUT2D eigenvalue weighted by atomic mass is 10.1. The van der Waals surface area contributed by atoms with Gasteiger partial charge in [-0.3, -0.25) is 0 Å². The first-order valence-corrected chi connectivity index (χ1v) is 7.37. The summed E-state index contributed by atoms with van der Waals surface area (Å²) in [6.07, 6.45) is 10.7. The van der Waals surface area contributed by atoms with Gasteiger partial charge in [0.05, 0.1) is 0 Å². The van der Waals surface area contributed by atoms with Crippen LogP contribution < -0.4 is 0 Å². The second-order valence-corrected chi connectivity index (χ2v) is 5.37. The van der Waals surface area contributed by atoms with Crippen molar-refractivity contribution in [1.29, 1.82) is 0 Å². The summed E-state index contributed by atoms with van der Waals surface area (Å²) in [6.45, 7) is 7.26. The maximum absolute atomic E-state index is 5.99. The molecule has 0 bridgehead atoms. The third-order valence-electron chi connectivity index (χ3n) is 2.80. The van der Waals surface area contributed by atoms with Crippen LogP contribution in [-0.2, 0) is 4.74 Å². The van der Waals surface area contributed by atoms with Crippen molar-refractivity contribution >= 4 is 11.6 Å². The summed E-state index contributed by atoms with van der Waals surface area (Å²) in [5, 5.41) is 0. The molecular weight excluding hydrogens is 220 g/mol. The molecule has 16 heavy (non-hydrogen) atoms. The molecule has 0 heterocycles. The molecule has 0 N–H and O–H groups in total. The number of unbranched alkanes of at least 4 members (excludes halogenated alkanes) is 7. The Morgan fingerprint density at radius 1 is 0.875 bits per heavy atom. The van der Waals surface area contributed by atoms with Gasteiger partial charge in [0.15, 0.2) is 0 Å². The second-order valence-electron chi connectivity index (χ2n) is 4.94. The van der Waals surface area contributed by atoms with Crippen molar-refractivity contribution in [3.63, 3.8) is 0 Å². The molecule has 0 rings (SSSR count). The SMILES string of the molecule is CCCCCCCCCCOC(Cl)C(C)C. The number of hydrogen-bond acceptors (Lipinski definition) is 1. The first-order chi connectivity index (χ1) is 7.68. The van der Waals surface area contributed by atoms with E-state index in [4.69, 9.17) is 16.3 Å². The first-order valence-electron chi connectivity index (χ1n) is 6.94. The molecule has 98 valence electrons. The molecule has 0 aliphatic heterocycles. The molecule has 0 radical (unpaired) electrons. The molecule has 0 saturated carbocycles. The maximum Gasteiger partial charge on any atom is 0.133 e. The molecule has 0 aromatic rings. The summed E-state index contributed by atoms with van der Waals surface area (Å²) in [5.74, 6) is 0.413. The standard InChI is InChI=1S/C14H29ClO/c1-4-5-6-7-8-9-10-11-12-16-14(15)13(2)3/h13-14H,4-12H2,1-3H3. The van der Waals surface area contributed by atoms with Crippen LogP contribution in [0.4, 0.5) is 0 Å². The van der Waals surface area contributed by atoms with E-state index < -0.39 is 0 Å². The topological polar surface area (TPSA) is 9.23 Å². The van der Waals surface area contributed by atoms with E-state index >= 15 is 0 Å². The Morgan fingerprint density at radius 3 is 1.88 bits per heavy atom.